The molecule has 6 heteroatoms. The van der Waals surface area contributed by atoms with Crippen molar-refractivity contribution in [2.24, 2.45) is 0 Å². The van der Waals surface area contributed by atoms with Gasteiger partial charge in [-0.3, -0.25) is 0 Å². The minimum absolute atomic E-state index is 1.06. The molecule has 0 amide bonds. The summed E-state index contributed by atoms with van der Waals surface area (Å²) in [4.78, 5) is 0. The summed E-state index contributed by atoms with van der Waals surface area (Å²) in [5, 5.41) is 5.85. The van der Waals surface area contributed by atoms with Crippen LogP contribution in [0.2, 0.25) is 0 Å². The van der Waals surface area contributed by atoms with Crippen molar-refractivity contribution in [1.82, 2.24) is 15.0 Å². The summed E-state index contributed by atoms with van der Waals surface area (Å²) in [6.07, 6.45) is 5.14. The highest BCUT2D eigenvalue weighted by molar-refractivity contribution is 6.65. The average Bonchev–Trinajstić information content (AvgIpc) is 2.03. The lowest BCUT2D eigenvalue weighted by Crippen LogP contribution is -2.55. The first kappa shape index (κ1) is 7.76. The van der Waals surface area contributed by atoms with Crippen molar-refractivity contribution >= 4 is 22.6 Å². The predicted molar refractivity (Wildman–Crippen MR) is 44.8 cm³/mol. The second-order valence-electron chi connectivity index (χ2n) is 1.98. The molecule has 0 saturated carbocycles. The Bertz CT molecular complexity index is 112. The van der Waals surface area contributed by atoms with Crippen LogP contribution >= 0.6 is 0 Å². The van der Waals surface area contributed by atoms with Crippen molar-refractivity contribution in [3.05, 3.63) is 12.3 Å². The van der Waals surface area contributed by atoms with Crippen molar-refractivity contribution in [3.63, 3.8) is 0 Å². The highest BCUT2D eigenvalue weighted by Gasteiger charge is 2.09. The number of hydrogen-bond acceptors (Lipinski definition) is 3. The first-order valence-corrected chi connectivity index (χ1v) is 3.38. The molecule has 0 bridgehead atoms. The molecule has 0 aromatic heterocycles. The van der Waals surface area contributed by atoms with E-state index in [1.807, 2.05) is 26.0 Å². The first-order chi connectivity index (χ1) is 4.93. The van der Waals surface area contributed by atoms with Crippen LogP contribution in [0.5, 0.6) is 0 Å². The SMILES string of the molecule is CCC=CN1[B]N[B]N[B]1. The van der Waals surface area contributed by atoms with E-state index in [9.17, 15) is 0 Å². The van der Waals surface area contributed by atoms with Gasteiger partial charge in [0.2, 0.25) is 0 Å². The summed E-state index contributed by atoms with van der Waals surface area (Å²) >= 11 is 0. The number of nitrogens with one attached hydrogen (secondary N) is 2. The maximum atomic E-state index is 2.93. The smallest absolute Gasteiger partial charge is 0.323 e. The highest BCUT2D eigenvalue weighted by atomic mass is 15.1. The molecule has 1 saturated heterocycles. The van der Waals surface area contributed by atoms with E-state index in [4.69, 9.17) is 0 Å². The monoisotopic (exact) mass is 132 g/mol. The van der Waals surface area contributed by atoms with E-state index in [-0.39, 0.29) is 0 Å². The van der Waals surface area contributed by atoms with Gasteiger partial charge in [0.15, 0.2) is 0 Å². The van der Waals surface area contributed by atoms with Crippen molar-refractivity contribution < 1.29 is 0 Å². The van der Waals surface area contributed by atoms with E-state index in [0.717, 1.165) is 6.42 Å². The minimum Gasteiger partial charge on any atom is -0.448 e. The van der Waals surface area contributed by atoms with Gasteiger partial charge in [0.1, 0.15) is 0 Å². The molecule has 0 unspecified atom stereocenters. The predicted octanol–water partition coefficient (Wildman–Crippen LogP) is -0.992. The molecule has 1 heterocycles. The van der Waals surface area contributed by atoms with Gasteiger partial charge in [0.25, 0.3) is 7.55 Å². The first-order valence-electron chi connectivity index (χ1n) is 3.38. The lowest BCUT2D eigenvalue weighted by atomic mass is 9.81. The van der Waals surface area contributed by atoms with Crippen LogP contribution in [0.1, 0.15) is 13.3 Å². The van der Waals surface area contributed by atoms with Gasteiger partial charge in [-0.1, -0.05) is 13.0 Å². The zero-order valence-corrected chi connectivity index (χ0v) is 6.04. The van der Waals surface area contributed by atoms with Crippen LogP contribution in [0.4, 0.5) is 0 Å². The summed E-state index contributed by atoms with van der Waals surface area (Å²) in [6, 6.07) is 0. The molecule has 0 aromatic carbocycles. The molecule has 2 N–H and O–H groups in total. The zero-order chi connectivity index (χ0) is 7.23. The van der Waals surface area contributed by atoms with Crippen LogP contribution < -0.4 is 10.3 Å². The molecule has 0 aliphatic carbocycles. The Hall–Kier alpha value is -0.345. The van der Waals surface area contributed by atoms with Gasteiger partial charge in [-0.05, 0) is 12.6 Å². The molecule has 3 radical (unpaired) electrons. The van der Waals surface area contributed by atoms with Crippen LogP contribution in [0.15, 0.2) is 12.3 Å². The van der Waals surface area contributed by atoms with Crippen LogP contribution in [-0.2, 0) is 0 Å². The van der Waals surface area contributed by atoms with E-state index in [2.05, 4.69) is 23.3 Å². The van der Waals surface area contributed by atoms with Crippen molar-refractivity contribution in [3.8, 4) is 0 Å². The van der Waals surface area contributed by atoms with Gasteiger partial charge in [0.05, 0.1) is 0 Å². The molecular weight excluding hydrogens is 123 g/mol. The van der Waals surface area contributed by atoms with Crippen molar-refractivity contribution in [2.75, 3.05) is 0 Å². The van der Waals surface area contributed by atoms with E-state index in [0.29, 0.717) is 0 Å². The second kappa shape index (κ2) is 4.47. The Morgan fingerprint density at radius 3 is 2.70 bits per heavy atom. The normalized spacial score (nSPS) is 17.9. The fourth-order valence-electron chi connectivity index (χ4n) is 0.645. The third-order valence-electron chi connectivity index (χ3n) is 1.13. The maximum Gasteiger partial charge on any atom is 0.323 e. The Balaban J connectivity index is 2.19. The summed E-state index contributed by atoms with van der Waals surface area (Å²) < 4.78 is 1.92. The number of hydrogen-bond donors (Lipinski definition) is 2. The van der Waals surface area contributed by atoms with Crippen LogP contribution in [0, 0.1) is 0 Å². The van der Waals surface area contributed by atoms with E-state index < -0.39 is 0 Å². The van der Waals surface area contributed by atoms with Gasteiger partial charge in [0, 0.05) is 0 Å². The second-order valence-corrected chi connectivity index (χ2v) is 1.98. The Labute approximate surface area is 64.1 Å². The molecule has 0 aromatic rings. The summed E-state index contributed by atoms with van der Waals surface area (Å²) in [5.41, 5.74) is 0. The van der Waals surface area contributed by atoms with Gasteiger partial charge in [-0.2, -0.15) is 0 Å². The van der Waals surface area contributed by atoms with Gasteiger partial charge in [-0.15, -0.1) is 0 Å². The number of allylic oxidation sites excluding steroid dienone is 1. The average molecular weight is 132 g/mol. The third-order valence-corrected chi connectivity index (χ3v) is 1.13. The van der Waals surface area contributed by atoms with Crippen molar-refractivity contribution in [1.29, 1.82) is 0 Å². The highest BCUT2D eigenvalue weighted by Crippen LogP contribution is 1.85. The maximum absolute atomic E-state index is 2.93. The van der Waals surface area contributed by atoms with Crippen molar-refractivity contribution in [2.45, 2.75) is 13.3 Å². The summed E-state index contributed by atoms with van der Waals surface area (Å²) in [6.45, 7) is 2.10. The molecule has 49 valence electrons. The van der Waals surface area contributed by atoms with Crippen LogP contribution in [0.3, 0.4) is 0 Å². The van der Waals surface area contributed by atoms with Gasteiger partial charge in [-0.25, -0.2) is 0 Å². The molecule has 1 rings (SSSR count). The Morgan fingerprint density at radius 1 is 1.40 bits per heavy atom. The summed E-state index contributed by atoms with van der Waals surface area (Å²) in [5.74, 6) is 0. The Morgan fingerprint density at radius 2 is 2.10 bits per heavy atom. The molecule has 3 nitrogen and oxygen atoms in total. The fourth-order valence-corrected chi connectivity index (χ4v) is 0.645. The molecule has 0 atom stereocenters. The van der Waals surface area contributed by atoms with E-state index in [1.165, 1.54) is 0 Å². The van der Waals surface area contributed by atoms with E-state index >= 15 is 0 Å². The largest absolute Gasteiger partial charge is 0.448 e. The topological polar surface area (TPSA) is 27.3 Å². The number of nitrogens with zero attached hydrogens (tertiary/aromatic N) is 1. The molecule has 1 fully saturated rings. The van der Waals surface area contributed by atoms with E-state index in [1.54, 1.807) is 7.55 Å². The Kier molecular flexibility index (Phi) is 3.47. The third kappa shape index (κ3) is 2.50. The minimum atomic E-state index is 1.06. The standard InChI is InChI=1S/C4H9B3N3/c1-2-3-4-10-6-8-5-9-7-10/h3-4,8-9H,2H2,1H3. The molecule has 0 spiro atoms. The molecule has 1 aliphatic rings. The molecule has 10 heavy (non-hydrogen) atoms. The van der Waals surface area contributed by atoms with Gasteiger partial charge < -0.3 is 15.0 Å². The van der Waals surface area contributed by atoms with Crippen LogP contribution in [0.25, 0.3) is 0 Å². The van der Waals surface area contributed by atoms with Gasteiger partial charge >= 0.3 is 15.1 Å². The van der Waals surface area contributed by atoms with Crippen LogP contribution in [-0.4, -0.2) is 27.4 Å². The number of rotatable bonds is 2. The zero-order valence-electron chi connectivity index (χ0n) is 6.04. The molecular formula is C4H9B3N3. The molecule has 1 aliphatic heterocycles. The lowest BCUT2D eigenvalue weighted by molar-refractivity contribution is 0.878. The summed E-state index contributed by atoms with van der Waals surface area (Å²) in [7, 11) is 5.49. The lowest BCUT2D eigenvalue weighted by Gasteiger charge is -2.23. The quantitative estimate of drug-likeness (QED) is 0.472. The fraction of sp³-hybridized carbons (Fsp3) is 0.500.